The van der Waals surface area contributed by atoms with Gasteiger partial charge < -0.3 is 40.2 Å². The third kappa shape index (κ3) is 52.8. The molecule has 0 radical (unpaired) electrons. The van der Waals surface area contributed by atoms with Gasteiger partial charge in [0, 0.05) is 102 Å². The van der Waals surface area contributed by atoms with Gasteiger partial charge in [0.05, 0.1) is 73.4 Å². The Balaban J connectivity index is -0.000000373. The monoisotopic (exact) mass is 1060 g/mol. The van der Waals surface area contributed by atoms with Gasteiger partial charge in [-0.15, -0.1) is 40.8 Å². The minimum absolute atomic E-state index is 0.903. The quantitative estimate of drug-likeness (QED) is 0.0684. The van der Waals surface area contributed by atoms with E-state index in [0.29, 0.717) is 0 Å². The van der Waals surface area contributed by atoms with E-state index >= 15 is 0 Å². The molecule has 0 aliphatic carbocycles. The van der Waals surface area contributed by atoms with E-state index in [1.54, 1.807) is 87.0 Å². The summed E-state index contributed by atoms with van der Waals surface area (Å²) in [6.07, 6.45) is 28.0. The first-order chi connectivity index (χ1) is 36.5. The van der Waals surface area contributed by atoms with Crippen LogP contribution >= 0.6 is 0 Å². The van der Waals surface area contributed by atoms with Crippen molar-refractivity contribution >= 4 is 28.5 Å². The maximum absolute atomic E-state index is 7.56. The molecule has 76 heavy (non-hydrogen) atoms. The second-order valence-corrected chi connectivity index (χ2v) is 12.1. The zero-order chi connectivity index (χ0) is 58.0. The van der Waals surface area contributed by atoms with Gasteiger partial charge in [-0.2, -0.15) is 0 Å². The number of aromatic nitrogens is 24. The van der Waals surface area contributed by atoms with E-state index in [9.17, 15) is 0 Å². The average molecular weight is 1060 g/mol. The highest BCUT2D eigenvalue weighted by atomic mass is 16.4. The first-order valence-electron chi connectivity index (χ1n) is 22.3. The van der Waals surface area contributed by atoms with Gasteiger partial charge in [-0.3, -0.25) is 37.5 Å². The summed E-state index contributed by atoms with van der Waals surface area (Å²) in [5.41, 5.74) is 0. The molecule has 0 atom stereocenters. The molecule has 36 nitrogen and oxygen atoms in total. The molecular weight excluding hydrogens is 996 g/mol. The highest BCUT2D eigenvalue weighted by Crippen LogP contribution is 1.80. The van der Waals surface area contributed by atoms with Crippen molar-refractivity contribution in [2.75, 3.05) is 0 Å². The molecule has 0 aliphatic heterocycles. The smallest absolute Gasteiger partial charge is 0.415 e. The number of nitriles is 4. The van der Waals surface area contributed by atoms with Gasteiger partial charge in [0.2, 0.25) is 0 Å². The summed E-state index contributed by atoms with van der Waals surface area (Å²) in [4.78, 5) is 0. The fraction of sp³-hybridized carbons (Fsp3) is 0.444. The number of nitrogens with zero attached hydrogens (tertiary/aromatic N) is 28. The average Bonchev–Trinajstić information content (AvgIpc) is 4.31. The van der Waals surface area contributed by atoms with Crippen molar-refractivity contribution in [1.29, 1.82) is 21.0 Å². The van der Waals surface area contributed by atoms with E-state index in [2.05, 4.69) is 82.5 Å². The fourth-order valence-electron chi connectivity index (χ4n) is 3.21. The molecule has 40 heteroatoms. The molecule has 8 heterocycles. The number of aryl methyl sites for hydroxylation is 8. The van der Waals surface area contributed by atoms with Crippen LogP contribution in [-0.4, -0.2) is 189 Å². The molecule has 0 unspecified atom stereocenters. The zero-order valence-electron chi connectivity index (χ0n) is 43.3. The van der Waals surface area contributed by atoms with Gasteiger partial charge >= 0.3 is 28.5 Å². The van der Waals surface area contributed by atoms with E-state index < -0.39 is 28.5 Å². The second-order valence-electron chi connectivity index (χ2n) is 12.1. The molecule has 0 amide bonds. The minimum atomic E-state index is -1.81. The molecule has 0 spiro atoms. The van der Waals surface area contributed by atoms with Crippen molar-refractivity contribution in [2.45, 2.75) is 108 Å². The number of hydrogen-bond donors (Lipinski definition) is 8. The number of hydrogen-bond acceptors (Lipinski definition) is 28. The molecule has 8 aromatic rings. The Bertz CT molecular complexity index is 1960. The Hall–Kier alpha value is -8.98. The Morgan fingerprint density at radius 2 is 0.355 bits per heavy atom. The van der Waals surface area contributed by atoms with Crippen molar-refractivity contribution in [3.63, 3.8) is 0 Å². The number of rotatable bonds is 8. The van der Waals surface area contributed by atoms with Crippen molar-refractivity contribution in [3.8, 4) is 23.9 Å². The molecule has 0 aliphatic rings. The van der Waals surface area contributed by atoms with Crippen LogP contribution in [0.5, 0.6) is 0 Å². The van der Waals surface area contributed by atoms with Gasteiger partial charge in [0.25, 0.3) is 0 Å². The second kappa shape index (κ2) is 55.3. The van der Waals surface area contributed by atoms with E-state index in [-0.39, 0.29) is 0 Å². The summed E-state index contributed by atoms with van der Waals surface area (Å²) in [6.45, 7) is 23.4. The molecule has 408 valence electrons. The molecule has 0 saturated heterocycles. The van der Waals surface area contributed by atoms with Crippen LogP contribution in [0.3, 0.4) is 0 Å². The van der Waals surface area contributed by atoms with Crippen LogP contribution in [0, 0.1) is 44.9 Å². The summed E-state index contributed by atoms with van der Waals surface area (Å²) >= 11 is 0. The highest BCUT2D eigenvalue weighted by Gasteiger charge is 2.00. The summed E-state index contributed by atoms with van der Waals surface area (Å²) < 4.78 is 14.1. The maximum Gasteiger partial charge on any atom is 0.573 e. The molecule has 0 bridgehead atoms. The molecule has 8 N–H and O–H groups in total. The van der Waals surface area contributed by atoms with Gasteiger partial charge in [-0.1, -0.05) is 41.7 Å². The minimum Gasteiger partial charge on any atom is -0.415 e. The Morgan fingerprint density at radius 1 is 0.263 bits per heavy atom. The van der Waals surface area contributed by atoms with E-state index in [1.807, 2.05) is 105 Å². The van der Waals surface area contributed by atoms with Gasteiger partial charge in [-0.05, 0) is 55.4 Å². The Kier molecular flexibility index (Phi) is 53.6. The normalized spacial score (nSPS) is 8.37. The topological polar surface area (TPSA) is 503 Å². The SMILES string of the molecule is CCn1ccnn1.CCn1ccnn1.CCn1ccnn1.CCn1ccnn1.CCn1ccnn1.CCn1ccnn1.CCn1ccnn1.CCn1ccnn1.N#CB(O)O.N#CB(O)O.N#CB(O)O.N#CB(O)O. The van der Waals surface area contributed by atoms with Crippen LogP contribution < -0.4 is 0 Å². The standard InChI is InChI=1S/8C4H7N3.4CH2BNO2/c8*1-2-7-4-3-5-6-7;4*3-1-2(4)5/h8*3-4H,2H2,1H3;4*4-5H. The van der Waals surface area contributed by atoms with Crippen LogP contribution in [0.1, 0.15) is 55.4 Å². The van der Waals surface area contributed by atoms with Crippen LogP contribution in [0.4, 0.5) is 0 Å². The molecule has 8 rings (SSSR count). The molecule has 0 saturated carbocycles. The molecule has 8 aromatic heterocycles. The van der Waals surface area contributed by atoms with Crippen LogP contribution in [0.25, 0.3) is 0 Å². The summed E-state index contributed by atoms with van der Waals surface area (Å²) in [5.74, 6) is 4.56. The lowest BCUT2D eigenvalue weighted by molar-refractivity contribution is 0.425. The van der Waals surface area contributed by atoms with Gasteiger partial charge in [-0.25, -0.2) is 21.0 Å². The summed E-state index contributed by atoms with van der Waals surface area (Å²) in [5, 5.41) is 148. The van der Waals surface area contributed by atoms with Crippen LogP contribution in [-0.2, 0) is 52.4 Å². The Labute approximate surface area is 439 Å². The molecule has 0 aromatic carbocycles. The molecule has 0 fully saturated rings. The summed E-state index contributed by atoms with van der Waals surface area (Å²) in [6, 6.07) is 0. The van der Waals surface area contributed by atoms with Crippen molar-refractivity contribution in [2.24, 2.45) is 0 Å². The fourth-order valence-corrected chi connectivity index (χ4v) is 3.21. The third-order valence-corrected chi connectivity index (χ3v) is 6.83. The first kappa shape index (κ1) is 73.6. The third-order valence-electron chi connectivity index (χ3n) is 6.83. The van der Waals surface area contributed by atoms with Gasteiger partial charge in [0.15, 0.2) is 0 Å². The lowest BCUT2D eigenvalue weighted by Gasteiger charge is -1.85. The largest absolute Gasteiger partial charge is 0.573 e. The molecular formula is C36H64B4N28O8. The van der Waals surface area contributed by atoms with Crippen molar-refractivity contribution in [1.82, 2.24) is 120 Å². The summed E-state index contributed by atoms with van der Waals surface area (Å²) in [7, 11) is -7.24. The highest BCUT2D eigenvalue weighted by molar-refractivity contribution is 6.51. The van der Waals surface area contributed by atoms with E-state index in [4.69, 9.17) is 61.2 Å². The maximum atomic E-state index is 7.56. The zero-order valence-corrected chi connectivity index (χ0v) is 43.3. The van der Waals surface area contributed by atoms with E-state index in [1.165, 1.54) is 0 Å². The van der Waals surface area contributed by atoms with Crippen molar-refractivity contribution in [3.05, 3.63) is 99.1 Å². The Morgan fingerprint density at radius 3 is 0.382 bits per heavy atom. The van der Waals surface area contributed by atoms with Gasteiger partial charge in [0.1, 0.15) is 0 Å². The lowest BCUT2D eigenvalue weighted by atomic mass is 9.97. The first-order valence-corrected chi connectivity index (χ1v) is 22.3. The van der Waals surface area contributed by atoms with Crippen LogP contribution in [0.15, 0.2) is 99.1 Å². The van der Waals surface area contributed by atoms with E-state index in [0.717, 1.165) is 76.2 Å². The van der Waals surface area contributed by atoms with Crippen LogP contribution in [0.2, 0.25) is 0 Å². The lowest BCUT2D eigenvalue weighted by Crippen LogP contribution is -2.05. The predicted octanol–water partition coefficient (Wildman–Crippen LogP) is -3.53. The predicted molar refractivity (Wildman–Crippen MR) is 269 cm³/mol. The van der Waals surface area contributed by atoms with Crippen molar-refractivity contribution < 1.29 is 40.2 Å².